The van der Waals surface area contributed by atoms with Crippen molar-refractivity contribution in [2.75, 3.05) is 37.6 Å². The molecule has 0 radical (unpaired) electrons. The van der Waals surface area contributed by atoms with Crippen LogP contribution >= 0.6 is 11.8 Å². The fraction of sp³-hybridized carbons (Fsp3) is 0.818. The molecule has 0 saturated carbocycles. The topological polar surface area (TPSA) is 72.2 Å². The van der Waals surface area contributed by atoms with Gasteiger partial charge in [-0.05, 0) is 25.4 Å². The van der Waals surface area contributed by atoms with Crippen LogP contribution in [-0.4, -0.2) is 48.5 Å². The molecule has 1 aromatic rings. The molecule has 1 unspecified atom stereocenters. The molecule has 0 aliphatic rings. The molecule has 0 saturated heterocycles. The fourth-order valence-corrected chi connectivity index (χ4v) is 1.92. The number of methoxy groups -OCH3 is 1. The number of ether oxygens (including phenoxy) is 1. The summed E-state index contributed by atoms with van der Waals surface area (Å²) < 4.78 is 10.4. The highest BCUT2D eigenvalue weighted by atomic mass is 32.2. The predicted molar refractivity (Wildman–Crippen MR) is 74.0 cm³/mol. The SMILES string of the molecule is COCCNCc1nnc(NC(C)CCSC)o1. The van der Waals surface area contributed by atoms with E-state index in [-0.39, 0.29) is 0 Å². The zero-order valence-electron chi connectivity index (χ0n) is 11.2. The molecule has 0 bridgehead atoms. The standard InChI is InChI=1S/C11H22N4O2S/c1-9(4-7-18-3)13-11-15-14-10(17-11)8-12-5-6-16-2/h9,12H,4-8H2,1-3H3,(H,13,15). The second-order valence-electron chi connectivity index (χ2n) is 4.00. The molecular formula is C11H22N4O2S. The molecule has 0 amide bonds. The van der Waals surface area contributed by atoms with Crippen molar-refractivity contribution in [1.29, 1.82) is 0 Å². The molecule has 1 aromatic heterocycles. The lowest BCUT2D eigenvalue weighted by molar-refractivity contribution is 0.198. The molecule has 0 aliphatic carbocycles. The first-order valence-corrected chi connectivity index (χ1v) is 7.43. The monoisotopic (exact) mass is 274 g/mol. The van der Waals surface area contributed by atoms with Crippen LogP contribution in [0.4, 0.5) is 6.01 Å². The summed E-state index contributed by atoms with van der Waals surface area (Å²) in [6.07, 6.45) is 3.17. The van der Waals surface area contributed by atoms with Crippen molar-refractivity contribution < 1.29 is 9.15 Å². The molecule has 18 heavy (non-hydrogen) atoms. The van der Waals surface area contributed by atoms with Gasteiger partial charge in [0, 0.05) is 19.7 Å². The van der Waals surface area contributed by atoms with Crippen LogP contribution in [0.15, 0.2) is 4.42 Å². The van der Waals surface area contributed by atoms with Gasteiger partial charge in [-0.1, -0.05) is 5.10 Å². The Kier molecular flexibility index (Phi) is 7.79. The second kappa shape index (κ2) is 9.18. The lowest BCUT2D eigenvalue weighted by atomic mass is 10.3. The van der Waals surface area contributed by atoms with Crippen LogP contribution in [0, 0.1) is 0 Å². The van der Waals surface area contributed by atoms with Gasteiger partial charge in [0.15, 0.2) is 0 Å². The van der Waals surface area contributed by atoms with Crippen LogP contribution < -0.4 is 10.6 Å². The Morgan fingerprint density at radius 3 is 3.00 bits per heavy atom. The van der Waals surface area contributed by atoms with Gasteiger partial charge < -0.3 is 19.8 Å². The van der Waals surface area contributed by atoms with Crippen molar-refractivity contribution in [3.8, 4) is 0 Å². The van der Waals surface area contributed by atoms with Crippen LogP contribution in [0.25, 0.3) is 0 Å². The van der Waals surface area contributed by atoms with E-state index in [1.54, 1.807) is 7.11 Å². The number of rotatable bonds is 10. The number of anilines is 1. The quantitative estimate of drug-likeness (QED) is 0.624. The summed E-state index contributed by atoms with van der Waals surface area (Å²) in [4.78, 5) is 0. The number of hydrogen-bond acceptors (Lipinski definition) is 7. The van der Waals surface area contributed by atoms with E-state index < -0.39 is 0 Å². The van der Waals surface area contributed by atoms with E-state index in [0.717, 1.165) is 18.7 Å². The number of thioether (sulfide) groups is 1. The van der Waals surface area contributed by atoms with Gasteiger partial charge in [0.05, 0.1) is 13.2 Å². The number of nitrogens with zero attached hydrogens (tertiary/aromatic N) is 2. The summed E-state index contributed by atoms with van der Waals surface area (Å²) in [5.41, 5.74) is 0. The third kappa shape index (κ3) is 6.23. The summed E-state index contributed by atoms with van der Waals surface area (Å²) in [5.74, 6) is 1.71. The van der Waals surface area contributed by atoms with Crippen molar-refractivity contribution in [3.05, 3.63) is 5.89 Å². The summed E-state index contributed by atoms with van der Waals surface area (Å²) >= 11 is 1.83. The fourth-order valence-electron chi connectivity index (χ4n) is 1.33. The van der Waals surface area contributed by atoms with E-state index in [1.807, 2.05) is 11.8 Å². The molecular weight excluding hydrogens is 252 g/mol. The van der Waals surface area contributed by atoms with E-state index in [9.17, 15) is 0 Å². The maximum absolute atomic E-state index is 5.47. The van der Waals surface area contributed by atoms with Crippen molar-refractivity contribution in [3.63, 3.8) is 0 Å². The van der Waals surface area contributed by atoms with Gasteiger partial charge in [-0.25, -0.2) is 0 Å². The minimum absolute atomic E-state index is 0.340. The molecule has 104 valence electrons. The Morgan fingerprint density at radius 1 is 1.44 bits per heavy atom. The first-order chi connectivity index (χ1) is 8.76. The molecule has 1 rings (SSSR count). The third-order valence-electron chi connectivity index (χ3n) is 2.35. The van der Waals surface area contributed by atoms with E-state index in [2.05, 4.69) is 34.0 Å². The zero-order valence-corrected chi connectivity index (χ0v) is 12.0. The Labute approximate surface area is 112 Å². The molecule has 1 heterocycles. The summed E-state index contributed by atoms with van der Waals surface area (Å²) in [7, 11) is 1.67. The second-order valence-corrected chi connectivity index (χ2v) is 4.98. The first-order valence-electron chi connectivity index (χ1n) is 6.03. The Balaban J connectivity index is 2.25. The average molecular weight is 274 g/mol. The predicted octanol–water partition coefficient (Wildman–Crippen LogP) is 1.36. The molecule has 0 aromatic carbocycles. The summed E-state index contributed by atoms with van der Waals surface area (Å²) in [5, 5.41) is 14.3. The van der Waals surface area contributed by atoms with Crippen molar-refractivity contribution in [1.82, 2.24) is 15.5 Å². The Hall–Kier alpha value is -0.790. The summed E-state index contributed by atoms with van der Waals surface area (Å²) in [6, 6.07) is 0.833. The smallest absolute Gasteiger partial charge is 0.315 e. The highest BCUT2D eigenvalue weighted by molar-refractivity contribution is 7.98. The zero-order chi connectivity index (χ0) is 13.2. The van der Waals surface area contributed by atoms with Crippen LogP contribution in [0.2, 0.25) is 0 Å². The van der Waals surface area contributed by atoms with Crippen molar-refractivity contribution in [2.45, 2.75) is 25.9 Å². The van der Waals surface area contributed by atoms with Crippen molar-refractivity contribution >= 4 is 17.8 Å². The molecule has 6 nitrogen and oxygen atoms in total. The maximum atomic E-state index is 5.47. The van der Waals surface area contributed by atoms with Gasteiger partial charge in [0.1, 0.15) is 0 Å². The minimum Gasteiger partial charge on any atom is -0.407 e. The minimum atomic E-state index is 0.340. The van der Waals surface area contributed by atoms with Crippen LogP contribution in [0.1, 0.15) is 19.2 Å². The van der Waals surface area contributed by atoms with Gasteiger partial charge in [0.2, 0.25) is 5.89 Å². The Bertz CT molecular complexity index is 322. The first kappa shape index (κ1) is 15.3. The van der Waals surface area contributed by atoms with E-state index in [1.165, 1.54) is 0 Å². The van der Waals surface area contributed by atoms with Crippen LogP contribution in [0.3, 0.4) is 0 Å². The molecule has 1 atom stereocenters. The van der Waals surface area contributed by atoms with Crippen LogP contribution in [0.5, 0.6) is 0 Å². The maximum Gasteiger partial charge on any atom is 0.315 e. The molecule has 0 spiro atoms. The molecule has 7 heteroatoms. The largest absolute Gasteiger partial charge is 0.407 e. The van der Waals surface area contributed by atoms with E-state index in [4.69, 9.17) is 9.15 Å². The highest BCUT2D eigenvalue weighted by Gasteiger charge is 2.08. The molecule has 0 aliphatic heterocycles. The highest BCUT2D eigenvalue weighted by Crippen LogP contribution is 2.09. The van der Waals surface area contributed by atoms with Gasteiger partial charge >= 0.3 is 6.01 Å². The van der Waals surface area contributed by atoms with Crippen molar-refractivity contribution in [2.24, 2.45) is 0 Å². The number of nitrogens with one attached hydrogen (secondary N) is 2. The van der Waals surface area contributed by atoms with Gasteiger partial charge in [-0.2, -0.15) is 11.8 Å². The average Bonchev–Trinajstić information content (AvgIpc) is 2.80. The third-order valence-corrected chi connectivity index (χ3v) is 2.99. The molecule has 2 N–H and O–H groups in total. The lowest BCUT2D eigenvalue weighted by Gasteiger charge is -2.09. The number of hydrogen-bond donors (Lipinski definition) is 2. The van der Waals surface area contributed by atoms with Crippen LogP contribution in [-0.2, 0) is 11.3 Å². The summed E-state index contributed by atoms with van der Waals surface area (Å²) in [6.45, 7) is 4.12. The van der Waals surface area contributed by atoms with E-state index in [0.29, 0.717) is 31.1 Å². The molecule has 0 fully saturated rings. The van der Waals surface area contributed by atoms with Gasteiger partial charge in [0.25, 0.3) is 0 Å². The van der Waals surface area contributed by atoms with Gasteiger partial charge in [-0.3, -0.25) is 0 Å². The number of aromatic nitrogens is 2. The van der Waals surface area contributed by atoms with E-state index >= 15 is 0 Å². The Morgan fingerprint density at radius 2 is 2.28 bits per heavy atom. The van der Waals surface area contributed by atoms with Gasteiger partial charge in [-0.15, -0.1) is 5.10 Å². The lowest BCUT2D eigenvalue weighted by Crippen LogP contribution is -2.18. The normalized spacial score (nSPS) is 12.6.